The highest BCUT2D eigenvalue weighted by atomic mass is 31.2. The molecule has 0 bridgehead atoms. The summed E-state index contributed by atoms with van der Waals surface area (Å²) in [6.45, 7) is 6.53. The second-order valence-electron chi connectivity index (χ2n) is 12.2. The Morgan fingerprint density at radius 1 is 0.522 bits per heavy atom. The molecular weight excluding hydrogens is 590 g/mol. The van der Waals surface area contributed by atoms with Crippen LogP contribution < -0.4 is 9.34 Å². The standard InChI is InChI=1S/C39H40FN4OP/c1-31-17-19-32(20-18-31)38(33-21-23-35(40)24-22-33)41-25-27-42(28-26-41)39(34-11-5-2-6-12-34)46(45)43(36-13-7-3-8-14-36)29-30-44(46)37-15-9-4-10-16-37/h2-24,38-39H,25-30H2,1H3. The molecule has 2 unspecified atom stereocenters. The van der Waals surface area contributed by atoms with Crippen molar-refractivity contribution in [2.45, 2.75) is 18.7 Å². The monoisotopic (exact) mass is 630 g/mol. The summed E-state index contributed by atoms with van der Waals surface area (Å²) >= 11 is 0. The zero-order valence-corrected chi connectivity index (χ0v) is 27.1. The zero-order chi connectivity index (χ0) is 31.5. The summed E-state index contributed by atoms with van der Waals surface area (Å²) < 4.78 is 34.5. The molecule has 234 valence electrons. The van der Waals surface area contributed by atoms with Gasteiger partial charge in [0.1, 0.15) is 11.6 Å². The van der Waals surface area contributed by atoms with E-state index in [2.05, 4.69) is 98.9 Å². The molecule has 2 saturated heterocycles. The minimum absolute atomic E-state index is 0.00245. The number of aryl methyl sites for hydroxylation is 1. The molecule has 2 atom stereocenters. The highest BCUT2D eigenvalue weighted by molar-refractivity contribution is 7.67. The first-order valence-electron chi connectivity index (χ1n) is 16.1. The first-order valence-corrected chi connectivity index (χ1v) is 17.8. The molecule has 0 aliphatic carbocycles. The van der Waals surface area contributed by atoms with Gasteiger partial charge in [0.25, 0.3) is 7.44 Å². The Labute approximate surface area is 272 Å². The SMILES string of the molecule is Cc1ccc(C(c2ccc(F)cc2)N2CCN(C(c3ccccc3)P3(=O)N(c4ccccc4)CCN3c3ccccc3)CC2)cc1. The van der Waals surface area contributed by atoms with Crippen molar-refractivity contribution in [2.75, 3.05) is 48.6 Å². The lowest BCUT2D eigenvalue weighted by molar-refractivity contribution is 0.0988. The molecule has 0 amide bonds. The zero-order valence-electron chi connectivity index (χ0n) is 26.2. The van der Waals surface area contributed by atoms with Crippen molar-refractivity contribution in [2.24, 2.45) is 0 Å². The number of anilines is 2. The van der Waals surface area contributed by atoms with Gasteiger partial charge in [0.2, 0.25) is 0 Å². The molecule has 0 saturated carbocycles. The predicted octanol–water partition coefficient (Wildman–Crippen LogP) is 8.76. The Morgan fingerprint density at radius 3 is 1.46 bits per heavy atom. The summed E-state index contributed by atoms with van der Waals surface area (Å²) in [7, 11) is -3.27. The average Bonchev–Trinajstić information content (AvgIpc) is 3.45. The predicted molar refractivity (Wildman–Crippen MR) is 187 cm³/mol. The van der Waals surface area contributed by atoms with E-state index in [4.69, 9.17) is 0 Å². The van der Waals surface area contributed by atoms with Gasteiger partial charge in [0.15, 0.2) is 0 Å². The van der Waals surface area contributed by atoms with Gasteiger partial charge in [-0.2, -0.15) is 0 Å². The first kappa shape index (κ1) is 30.4. The Morgan fingerprint density at radius 2 is 0.957 bits per heavy atom. The van der Waals surface area contributed by atoms with Crippen LogP contribution in [0.25, 0.3) is 0 Å². The van der Waals surface area contributed by atoms with Crippen LogP contribution >= 0.6 is 7.44 Å². The lowest BCUT2D eigenvalue weighted by atomic mass is 9.95. The van der Waals surface area contributed by atoms with Gasteiger partial charge in [-0.1, -0.05) is 109 Å². The van der Waals surface area contributed by atoms with E-state index in [9.17, 15) is 4.39 Å². The van der Waals surface area contributed by atoms with Crippen LogP contribution in [0, 0.1) is 12.7 Å². The summed E-state index contributed by atoms with van der Waals surface area (Å²) in [5.74, 6) is -0.559. The highest BCUT2D eigenvalue weighted by Gasteiger charge is 2.52. The summed E-state index contributed by atoms with van der Waals surface area (Å²) in [5.41, 5.74) is 6.52. The molecule has 7 heteroatoms. The molecule has 0 spiro atoms. The second kappa shape index (κ2) is 13.3. The van der Waals surface area contributed by atoms with Gasteiger partial charge in [-0.25, -0.2) is 4.39 Å². The Kier molecular flexibility index (Phi) is 8.77. The maximum Gasteiger partial charge on any atom is 0.284 e. The molecule has 2 heterocycles. The number of piperazine rings is 1. The van der Waals surface area contributed by atoms with Crippen molar-refractivity contribution in [1.29, 1.82) is 0 Å². The average molecular weight is 631 g/mol. The summed E-state index contributed by atoms with van der Waals surface area (Å²) in [4.78, 5) is 4.94. The molecule has 0 N–H and O–H groups in total. The summed E-state index contributed by atoms with van der Waals surface area (Å²) in [6, 6.07) is 46.5. The van der Waals surface area contributed by atoms with Crippen molar-refractivity contribution in [3.8, 4) is 0 Å². The van der Waals surface area contributed by atoms with Crippen molar-refractivity contribution >= 4 is 18.8 Å². The van der Waals surface area contributed by atoms with E-state index < -0.39 is 7.44 Å². The fraction of sp³-hybridized carbons (Fsp3) is 0.231. The minimum Gasteiger partial charge on any atom is -0.304 e. The van der Waals surface area contributed by atoms with Gasteiger partial charge in [-0.15, -0.1) is 0 Å². The third-order valence-electron chi connectivity index (χ3n) is 9.38. The van der Waals surface area contributed by atoms with Crippen molar-refractivity contribution in [1.82, 2.24) is 9.80 Å². The fourth-order valence-electron chi connectivity index (χ4n) is 7.15. The van der Waals surface area contributed by atoms with Gasteiger partial charge < -0.3 is 9.34 Å². The van der Waals surface area contributed by atoms with Crippen LogP contribution in [0.1, 0.15) is 34.1 Å². The third-order valence-corrected chi connectivity index (χ3v) is 12.9. The number of nitrogens with zero attached hydrogens (tertiary/aromatic N) is 4. The van der Waals surface area contributed by atoms with E-state index in [1.807, 2.05) is 54.6 Å². The number of hydrogen-bond donors (Lipinski definition) is 0. The van der Waals surface area contributed by atoms with Gasteiger partial charge in [0, 0.05) is 50.6 Å². The summed E-state index contributed by atoms with van der Waals surface area (Å²) in [5, 5.41) is 0. The smallest absolute Gasteiger partial charge is 0.284 e. The maximum absolute atomic E-state index is 16.2. The van der Waals surface area contributed by atoms with E-state index in [1.165, 1.54) is 11.1 Å². The maximum atomic E-state index is 16.2. The lowest BCUT2D eigenvalue weighted by Gasteiger charge is -2.47. The van der Waals surface area contributed by atoms with E-state index >= 15 is 4.57 Å². The van der Waals surface area contributed by atoms with Crippen LogP contribution in [0.3, 0.4) is 0 Å². The van der Waals surface area contributed by atoms with Crippen LogP contribution in [0.5, 0.6) is 0 Å². The number of para-hydroxylation sites is 2. The Bertz CT molecular complexity index is 1670. The van der Waals surface area contributed by atoms with Gasteiger partial charge in [0.05, 0.1) is 6.04 Å². The molecule has 2 fully saturated rings. The fourth-order valence-corrected chi connectivity index (χ4v) is 10.8. The lowest BCUT2D eigenvalue weighted by Crippen LogP contribution is -2.50. The van der Waals surface area contributed by atoms with Crippen molar-refractivity contribution < 1.29 is 8.96 Å². The molecule has 5 nitrogen and oxygen atoms in total. The first-order chi connectivity index (χ1) is 22.5. The van der Waals surface area contributed by atoms with Gasteiger partial charge >= 0.3 is 0 Å². The Hall–Kier alpha value is -4.22. The van der Waals surface area contributed by atoms with E-state index in [1.54, 1.807) is 12.1 Å². The normalized spacial score (nSPS) is 18.4. The Balaban J connectivity index is 1.26. The minimum atomic E-state index is -3.27. The van der Waals surface area contributed by atoms with Crippen molar-refractivity contribution in [3.63, 3.8) is 0 Å². The quantitative estimate of drug-likeness (QED) is 0.160. The van der Waals surface area contributed by atoms with E-state index in [0.29, 0.717) is 13.1 Å². The molecule has 2 aliphatic rings. The van der Waals surface area contributed by atoms with E-state index in [-0.39, 0.29) is 17.6 Å². The number of hydrogen-bond acceptors (Lipinski definition) is 3. The molecule has 5 aromatic rings. The van der Waals surface area contributed by atoms with Crippen LogP contribution in [-0.2, 0) is 4.57 Å². The molecule has 2 aliphatic heterocycles. The molecule has 7 rings (SSSR count). The highest BCUT2D eigenvalue weighted by Crippen LogP contribution is 2.69. The largest absolute Gasteiger partial charge is 0.304 e. The number of benzene rings is 5. The topological polar surface area (TPSA) is 30.0 Å². The molecule has 5 aromatic carbocycles. The number of halogens is 1. The van der Waals surface area contributed by atoms with Crippen LogP contribution in [0.2, 0.25) is 0 Å². The van der Waals surface area contributed by atoms with Crippen LogP contribution in [0.4, 0.5) is 15.8 Å². The van der Waals surface area contributed by atoms with Gasteiger partial charge in [-0.05, 0) is 60.0 Å². The third kappa shape index (κ3) is 5.89. The number of rotatable bonds is 8. The van der Waals surface area contributed by atoms with Gasteiger partial charge in [-0.3, -0.25) is 14.4 Å². The van der Waals surface area contributed by atoms with Crippen LogP contribution in [-0.4, -0.2) is 49.1 Å². The van der Waals surface area contributed by atoms with E-state index in [0.717, 1.165) is 48.7 Å². The van der Waals surface area contributed by atoms with Crippen LogP contribution in [0.15, 0.2) is 140 Å². The summed E-state index contributed by atoms with van der Waals surface area (Å²) in [6.07, 6.45) is 0. The molecule has 0 radical (unpaired) electrons. The molecule has 46 heavy (non-hydrogen) atoms. The molecule has 0 aromatic heterocycles. The second-order valence-corrected chi connectivity index (χ2v) is 14.9. The molecular formula is C39H40FN4OP. The van der Waals surface area contributed by atoms with Crippen molar-refractivity contribution in [3.05, 3.63) is 168 Å².